The molecular weight excluding hydrogens is 550 g/mol. The number of aromatic nitrogens is 1. The molecule has 2 fully saturated rings. The van der Waals surface area contributed by atoms with Crippen molar-refractivity contribution in [2.45, 2.75) is 31.6 Å². The van der Waals surface area contributed by atoms with Crippen molar-refractivity contribution in [2.75, 3.05) is 38.5 Å². The number of aryl methyl sites for hydroxylation is 2. The predicted molar refractivity (Wildman–Crippen MR) is 134 cm³/mol. The number of nitrogens with two attached hydrogens (primary N) is 1. The summed E-state index contributed by atoms with van der Waals surface area (Å²) in [6.07, 6.45) is 5.54. The van der Waals surface area contributed by atoms with Crippen LogP contribution in [0.2, 0.25) is 0 Å². The zero-order valence-corrected chi connectivity index (χ0v) is 21.5. The minimum atomic E-state index is -0.147. The number of carbonyl (C=O) groups is 2. The maximum absolute atomic E-state index is 12.8. The number of benzene rings is 1. The molecule has 5 rings (SSSR count). The van der Waals surface area contributed by atoms with Crippen LogP contribution in [0, 0.1) is 5.92 Å². The van der Waals surface area contributed by atoms with E-state index in [2.05, 4.69) is 49.3 Å². The van der Waals surface area contributed by atoms with E-state index in [0.717, 1.165) is 46.0 Å². The molecule has 2 saturated heterocycles. The van der Waals surface area contributed by atoms with Gasteiger partial charge in [-0.1, -0.05) is 15.9 Å². The van der Waals surface area contributed by atoms with Gasteiger partial charge < -0.3 is 20.9 Å². The molecule has 9 heteroatoms. The fraction of sp³-hybridized carbons (Fsp3) is 0.458. The van der Waals surface area contributed by atoms with Crippen LogP contribution in [-0.2, 0) is 17.6 Å². The van der Waals surface area contributed by atoms with E-state index in [-0.39, 0.29) is 24.4 Å². The Morgan fingerprint density at radius 3 is 2.61 bits per heavy atom. The zero-order chi connectivity index (χ0) is 23.1. The number of likely N-dealkylation sites (tertiary alicyclic amines) is 1. The smallest absolute Gasteiger partial charge is 0.317 e. The molecule has 2 aromatic rings. The van der Waals surface area contributed by atoms with Gasteiger partial charge in [0, 0.05) is 52.9 Å². The van der Waals surface area contributed by atoms with E-state index in [4.69, 9.17) is 10.7 Å². The summed E-state index contributed by atoms with van der Waals surface area (Å²) in [7, 11) is 0. The van der Waals surface area contributed by atoms with Crippen molar-refractivity contribution in [3.8, 4) is 0 Å². The Hall–Kier alpha value is -2.13. The molecule has 0 unspecified atom stereocenters. The van der Waals surface area contributed by atoms with Crippen molar-refractivity contribution in [1.29, 1.82) is 0 Å². The molecule has 7 nitrogen and oxygen atoms in total. The van der Waals surface area contributed by atoms with Crippen molar-refractivity contribution in [2.24, 2.45) is 5.92 Å². The first kappa shape index (κ1) is 22.7. The van der Waals surface area contributed by atoms with E-state index in [1.807, 2.05) is 17.2 Å². The molecule has 3 aliphatic rings. The number of nitrogen functional groups attached to an aromatic ring is 1. The van der Waals surface area contributed by atoms with Gasteiger partial charge in [0.15, 0.2) is 0 Å². The second-order valence-corrected chi connectivity index (χ2v) is 10.9. The third-order valence-electron chi connectivity index (χ3n) is 7.11. The molecule has 33 heavy (non-hydrogen) atoms. The van der Waals surface area contributed by atoms with Crippen molar-refractivity contribution < 1.29 is 9.59 Å². The highest BCUT2D eigenvalue weighted by Gasteiger charge is 2.36. The van der Waals surface area contributed by atoms with E-state index in [0.29, 0.717) is 32.1 Å². The third kappa shape index (κ3) is 4.49. The second kappa shape index (κ2) is 9.25. The van der Waals surface area contributed by atoms with Crippen molar-refractivity contribution in [3.63, 3.8) is 0 Å². The number of carbonyl (C=O) groups excluding carboxylic acids is 2. The predicted octanol–water partition coefficient (Wildman–Crippen LogP) is 3.68. The van der Waals surface area contributed by atoms with Crippen LogP contribution in [-0.4, -0.2) is 59.4 Å². The standard InChI is InChI=1S/C24H27Br2N5O2/c25-17-9-16-2-1-15-10-18(27)11-19(26)21(15)22(23(16)29-12-17)14-3-6-30(7-4-14)20(32)13-31-8-5-28-24(31)33/h9-12,14,22H,1-8,13,27H2,(H,28,33)/t22-/m1/s1. The van der Waals surface area contributed by atoms with Crippen LogP contribution in [0.4, 0.5) is 10.5 Å². The summed E-state index contributed by atoms with van der Waals surface area (Å²) in [6, 6.07) is 6.15. The maximum Gasteiger partial charge on any atom is 0.317 e. The first-order valence-corrected chi connectivity index (χ1v) is 13.0. The fourth-order valence-electron chi connectivity index (χ4n) is 5.50. The summed E-state index contributed by atoms with van der Waals surface area (Å²) in [6.45, 7) is 2.75. The quantitative estimate of drug-likeness (QED) is 0.545. The normalized spacial score (nSPS) is 20.8. The van der Waals surface area contributed by atoms with Crippen LogP contribution in [0.1, 0.15) is 41.1 Å². The van der Waals surface area contributed by atoms with Crippen LogP contribution in [0.5, 0.6) is 0 Å². The van der Waals surface area contributed by atoms with Crippen LogP contribution in [0.3, 0.4) is 0 Å². The first-order valence-electron chi connectivity index (χ1n) is 11.4. The van der Waals surface area contributed by atoms with Gasteiger partial charge in [-0.15, -0.1) is 0 Å². The number of pyridine rings is 1. The monoisotopic (exact) mass is 575 g/mol. The maximum atomic E-state index is 12.8. The molecule has 3 N–H and O–H groups in total. The van der Waals surface area contributed by atoms with Crippen LogP contribution < -0.4 is 11.1 Å². The lowest BCUT2D eigenvalue weighted by molar-refractivity contribution is -0.133. The highest BCUT2D eigenvalue weighted by Crippen LogP contribution is 2.46. The number of anilines is 1. The molecule has 1 aliphatic carbocycles. The lowest BCUT2D eigenvalue weighted by atomic mass is 9.76. The molecule has 0 bridgehead atoms. The number of fused-ring (bicyclic) bond motifs is 2. The summed E-state index contributed by atoms with van der Waals surface area (Å²) in [5.41, 5.74) is 11.9. The molecule has 0 radical (unpaired) electrons. The van der Waals surface area contributed by atoms with Gasteiger partial charge in [-0.3, -0.25) is 9.78 Å². The molecule has 1 aromatic carbocycles. The molecule has 3 heterocycles. The van der Waals surface area contributed by atoms with Crippen LogP contribution >= 0.6 is 31.9 Å². The lowest BCUT2D eigenvalue weighted by Crippen LogP contribution is -2.45. The summed E-state index contributed by atoms with van der Waals surface area (Å²) < 4.78 is 2.04. The molecule has 0 saturated carbocycles. The van der Waals surface area contributed by atoms with E-state index in [9.17, 15) is 9.59 Å². The Labute approximate surface area is 210 Å². The highest BCUT2D eigenvalue weighted by molar-refractivity contribution is 9.10. The largest absolute Gasteiger partial charge is 0.399 e. The first-order chi connectivity index (χ1) is 15.9. The summed E-state index contributed by atoms with van der Waals surface area (Å²) >= 11 is 7.39. The molecule has 174 valence electrons. The number of amides is 3. The Kier molecular flexibility index (Phi) is 6.35. The number of hydrogen-bond donors (Lipinski definition) is 2. The Morgan fingerprint density at radius 1 is 1.12 bits per heavy atom. The van der Waals surface area contributed by atoms with Gasteiger partial charge in [-0.25, -0.2) is 4.79 Å². The van der Waals surface area contributed by atoms with Gasteiger partial charge in [0.25, 0.3) is 0 Å². The average Bonchev–Trinajstić information content (AvgIpc) is 3.11. The average molecular weight is 577 g/mol. The lowest BCUT2D eigenvalue weighted by Gasteiger charge is -2.37. The number of nitrogens with zero attached hydrogens (tertiary/aromatic N) is 3. The molecular formula is C24H27Br2N5O2. The molecule has 0 spiro atoms. The number of piperidine rings is 1. The molecule has 1 atom stereocenters. The molecule has 1 aromatic heterocycles. The van der Waals surface area contributed by atoms with Crippen molar-refractivity contribution in [1.82, 2.24) is 20.1 Å². The van der Waals surface area contributed by atoms with E-state index < -0.39 is 0 Å². The Morgan fingerprint density at radius 2 is 1.88 bits per heavy atom. The topological polar surface area (TPSA) is 91.6 Å². The summed E-state index contributed by atoms with van der Waals surface area (Å²) in [5.74, 6) is 0.554. The van der Waals surface area contributed by atoms with Gasteiger partial charge >= 0.3 is 6.03 Å². The Balaban J connectivity index is 1.40. The zero-order valence-electron chi connectivity index (χ0n) is 18.3. The van der Waals surface area contributed by atoms with Crippen LogP contribution in [0.15, 0.2) is 33.3 Å². The van der Waals surface area contributed by atoms with Gasteiger partial charge in [0.2, 0.25) is 5.91 Å². The Bertz CT molecular complexity index is 1100. The van der Waals surface area contributed by atoms with E-state index >= 15 is 0 Å². The summed E-state index contributed by atoms with van der Waals surface area (Å²) in [4.78, 5) is 33.0. The van der Waals surface area contributed by atoms with Crippen LogP contribution in [0.25, 0.3) is 0 Å². The third-order valence-corrected chi connectivity index (χ3v) is 8.20. The number of hydrogen-bond acceptors (Lipinski definition) is 4. The minimum Gasteiger partial charge on any atom is -0.399 e. The van der Waals surface area contributed by atoms with Gasteiger partial charge in [0.05, 0.1) is 5.69 Å². The van der Waals surface area contributed by atoms with E-state index in [1.54, 1.807) is 4.90 Å². The van der Waals surface area contributed by atoms with Gasteiger partial charge in [-0.05, 0) is 82.4 Å². The SMILES string of the molecule is Nc1cc(Br)c2c(c1)CCc1cc(Br)cnc1[C@@H]2C1CCN(C(=O)CN2CCNC2=O)CC1. The van der Waals surface area contributed by atoms with Crippen molar-refractivity contribution >= 4 is 49.5 Å². The van der Waals surface area contributed by atoms with Gasteiger partial charge in [-0.2, -0.15) is 0 Å². The summed E-state index contributed by atoms with van der Waals surface area (Å²) in [5, 5.41) is 2.76. The number of halogens is 2. The second-order valence-electron chi connectivity index (χ2n) is 9.12. The van der Waals surface area contributed by atoms with Crippen molar-refractivity contribution in [3.05, 3.63) is 55.7 Å². The minimum absolute atomic E-state index is 0.0307. The van der Waals surface area contributed by atoms with Gasteiger partial charge in [0.1, 0.15) is 6.54 Å². The number of rotatable bonds is 3. The number of urea groups is 1. The number of nitrogens with one attached hydrogen (secondary N) is 1. The highest BCUT2D eigenvalue weighted by atomic mass is 79.9. The van der Waals surface area contributed by atoms with E-state index in [1.165, 1.54) is 16.7 Å². The fourth-order valence-corrected chi connectivity index (χ4v) is 6.64. The molecule has 3 amide bonds. The molecule has 2 aliphatic heterocycles.